The number of carbonyl (C=O) groups excluding carboxylic acids is 2. The summed E-state index contributed by atoms with van der Waals surface area (Å²) in [6, 6.07) is 27.4. The summed E-state index contributed by atoms with van der Waals surface area (Å²) in [7, 11) is 0. The molecule has 0 aliphatic rings. The minimum atomic E-state index is -0.190. The molecule has 0 radical (unpaired) electrons. The van der Waals surface area contributed by atoms with Gasteiger partial charge in [0.25, 0.3) is 0 Å². The lowest BCUT2D eigenvalue weighted by atomic mass is 9.91. The molecular formula is C25H25BrN2O2. The second kappa shape index (κ2) is 11.3. The van der Waals surface area contributed by atoms with Crippen LogP contribution in [0.1, 0.15) is 35.4 Å². The van der Waals surface area contributed by atoms with E-state index in [2.05, 4.69) is 26.6 Å². The summed E-state index contributed by atoms with van der Waals surface area (Å²) in [5.74, 6) is -0.324. The van der Waals surface area contributed by atoms with Gasteiger partial charge in [-0.1, -0.05) is 88.7 Å². The van der Waals surface area contributed by atoms with Crippen molar-refractivity contribution < 1.29 is 9.59 Å². The molecule has 0 spiro atoms. The number of rotatable bonds is 9. The van der Waals surface area contributed by atoms with E-state index in [9.17, 15) is 9.59 Å². The van der Waals surface area contributed by atoms with Gasteiger partial charge in [-0.3, -0.25) is 9.59 Å². The van der Waals surface area contributed by atoms with Crippen molar-refractivity contribution >= 4 is 27.7 Å². The van der Waals surface area contributed by atoms with Crippen LogP contribution in [0.15, 0.2) is 89.4 Å². The number of nitrogens with one attached hydrogen (secondary N) is 2. The molecule has 0 aliphatic carbocycles. The summed E-state index contributed by atoms with van der Waals surface area (Å²) in [5, 5.41) is 5.92. The van der Waals surface area contributed by atoms with Gasteiger partial charge in [-0.2, -0.15) is 0 Å². The highest BCUT2D eigenvalue weighted by Gasteiger charge is 2.20. The van der Waals surface area contributed by atoms with Crippen LogP contribution in [0.4, 0.5) is 0 Å². The van der Waals surface area contributed by atoms with E-state index in [1.807, 2.05) is 84.9 Å². The lowest BCUT2D eigenvalue weighted by Crippen LogP contribution is -2.28. The molecule has 0 saturated carbocycles. The van der Waals surface area contributed by atoms with Crippen LogP contribution in [-0.2, 0) is 22.7 Å². The highest BCUT2D eigenvalue weighted by Crippen LogP contribution is 2.25. The lowest BCUT2D eigenvalue weighted by Gasteiger charge is -2.17. The standard InChI is InChI=1S/C25H25BrN2O2/c26-23-13-11-21(12-14-23)22(15-24(29)27-17-19-7-3-1-4-8-19)16-25(30)28-18-20-9-5-2-6-10-20/h1-14,22H,15-18H2,(H,27,29)(H,28,30). The molecule has 0 unspecified atom stereocenters. The molecule has 0 saturated heterocycles. The number of hydrogen-bond acceptors (Lipinski definition) is 2. The molecule has 3 rings (SSSR count). The van der Waals surface area contributed by atoms with E-state index in [0.29, 0.717) is 13.1 Å². The summed E-state index contributed by atoms with van der Waals surface area (Å²) in [4.78, 5) is 25.2. The molecular weight excluding hydrogens is 440 g/mol. The Labute approximate surface area is 185 Å². The van der Waals surface area contributed by atoms with Gasteiger partial charge in [0.05, 0.1) is 0 Å². The van der Waals surface area contributed by atoms with Crippen LogP contribution in [0.2, 0.25) is 0 Å². The fourth-order valence-corrected chi connectivity index (χ4v) is 3.49. The van der Waals surface area contributed by atoms with Crippen LogP contribution in [-0.4, -0.2) is 11.8 Å². The third-order valence-electron chi connectivity index (χ3n) is 4.87. The van der Waals surface area contributed by atoms with Crippen molar-refractivity contribution in [1.82, 2.24) is 10.6 Å². The smallest absolute Gasteiger partial charge is 0.220 e. The molecule has 0 fully saturated rings. The van der Waals surface area contributed by atoms with Gasteiger partial charge >= 0.3 is 0 Å². The molecule has 2 amide bonds. The Morgan fingerprint density at radius 2 is 1.10 bits per heavy atom. The highest BCUT2D eigenvalue weighted by atomic mass is 79.9. The number of benzene rings is 3. The fraction of sp³-hybridized carbons (Fsp3) is 0.200. The van der Waals surface area contributed by atoms with Crippen LogP contribution < -0.4 is 10.6 Å². The molecule has 3 aromatic rings. The Hall–Kier alpha value is -2.92. The van der Waals surface area contributed by atoms with Crippen LogP contribution in [0.3, 0.4) is 0 Å². The first-order valence-corrected chi connectivity index (χ1v) is 10.8. The van der Waals surface area contributed by atoms with E-state index >= 15 is 0 Å². The van der Waals surface area contributed by atoms with Crippen LogP contribution in [0, 0.1) is 0 Å². The zero-order valence-electron chi connectivity index (χ0n) is 16.7. The first-order chi connectivity index (χ1) is 14.6. The van der Waals surface area contributed by atoms with Crippen molar-refractivity contribution in [3.8, 4) is 0 Å². The maximum Gasteiger partial charge on any atom is 0.220 e. The fourth-order valence-electron chi connectivity index (χ4n) is 3.23. The summed E-state index contributed by atoms with van der Waals surface area (Å²) < 4.78 is 0.965. The van der Waals surface area contributed by atoms with Crippen LogP contribution in [0.25, 0.3) is 0 Å². The van der Waals surface area contributed by atoms with E-state index in [-0.39, 0.29) is 30.6 Å². The molecule has 0 aromatic heterocycles. The molecule has 0 heterocycles. The SMILES string of the molecule is O=C(CC(CC(=O)NCc1ccccc1)c1ccc(Br)cc1)NCc1ccccc1. The third kappa shape index (κ3) is 7.16. The Bertz CT molecular complexity index is 886. The van der Waals surface area contributed by atoms with Crippen molar-refractivity contribution in [3.05, 3.63) is 106 Å². The second-order valence-electron chi connectivity index (χ2n) is 7.18. The Kier molecular flexibility index (Phi) is 8.21. The van der Waals surface area contributed by atoms with E-state index < -0.39 is 0 Å². The predicted molar refractivity (Wildman–Crippen MR) is 123 cm³/mol. The van der Waals surface area contributed by atoms with Gasteiger partial charge in [0.15, 0.2) is 0 Å². The molecule has 3 aromatic carbocycles. The van der Waals surface area contributed by atoms with Gasteiger partial charge < -0.3 is 10.6 Å². The zero-order chi connectivity index (χ0) is 21.2. The van der Waals surface area contributed by atoms with Crippen molar-refractivity contribution in [2.24, 2.45) is 0 Å². The summed E-state index contributed by atoms with van der Waals surface area (Å²) >= 11 is 3.44. The van der Waals surface area contributed by atoms with Crippen molar-refractivity contribution in [2.75, 3.05) is 0 Å². The quantitative estimate of drug-likeness (QED) is 0.470. The summed E-state index contributed by atoms with van der Waals surface area (Å²) in [6.07, 6.45) is 0.514. The average Bonchev–Trinajstić information content (AvgIpc) is 2.78. The summed E-state index contributed by atoms with van der Waals surface area (Å²) in [6.45, 7) is 0.958. The molecule has 0 aliphatic heterocycles. The topological polar surface area (TPSA) is 58.2 Å². The second-order valence-corrected chi connectivity index (χ2v) is 8.10. The zero-order valence-corrected chi connectivity index (χ0v) is 18.3. The lowest BCUT2D eigenvalue weighted by molar-refractivity contribution is -0.123. The van der Waals surface area contributed by atoms with Gasteiger partial charge in [-0.05, 0) is 28.8 Å². The third-order valence-corrected chi connectivity index (χ3v) is 5.40. The minimum Gasteiger partial charge on any atom is -0.352 e. The summed E-state index contributed by atoms with van der Waals surface area (Å²) in [5.41, 5.74) is 3.07. The first-order valence-electron chi connectivity index (χ1n) is 9.97. The maximum atomic E-state index is 12.6. The molecule has 154 valence electrons. The molecule has 30 heavy (non-hydrogen) atoms. The number of amides is 2. The van der Waals surface area contributed by atoms with Gasteiger partial charge in [-0.15, -0.1) is 0 Å². The molecule has 4 nitrogen and oxygen atoms in total. The van der Waals surface area contributed by atoms with Crippen molar-refractivity contribution in [2.45, 2.75) is 31.8 Å². The normalized spacial score (nSPS) is 10.6. The number of carbonyl (C=O) groups is 2. The highest BCUT2D eigenvalue weighted by molar-refractivity contribution is 9.10. The van der Waals surface area contributed by atoms with Crippen LogP contribution in [0.5, 0.6) is 0 Å². The van der Waals surface area contributed by atoms with Gasteiger partial charge in [0.1, 0.15) is 0 Å². The average molecular weight is 465 g/mol. The molecule has 0 bridgehead atoms. The Balaban J connectivity index is 1.60. The monoisotopic (exact) mass is 464 g/mol. The Morgan fingerprint density at radius 3 is 1.53 bits per heavy atom. The van der Waals surface area contributed by atoms with Crippen molar-refractivity contribution in [1.29, 1.82) is 0 Å². The van der Waals surface area contributed by atoms with Gasteiger partial charge in [0, 0.05) is 36.3 Å². The van der Waals surface area contributed by atoms with E-state index in [1.165, 1.54) is 0 Å². The predicted octanol–water partition coefficient (Wildman–Crippen LogP) is 4.95. The van der Waals surface area contributed by atoms with E-state index in [1.54, 1.807) is 0 Å². The number of hydrogen-bond donors (Lipinski definition) is 2. The molecule has 2 N–H and O–H groups in total. The Morgan fingerprint density at radius 1 is 0.667 bits per heavy atom. The molecule has 0 atom stereocenters. The van der Waals surface area contributed by atoms with Crippen molar-refractivity contribution in [3.63, 3.8) is 0 Å². The largest absolute Gasteiger partial charge is 0.352 e. The minimum absolute atomic E-state index is 0.0670. The van der Waals surface area contributed by atoms with E-state index in [4.69, 9.17) is 0 Å². The van der Waals surface area contributed by atoms with E-state index in [0.717, 1.165) is 21.2 Å². The maximum absolute atomic E-state index is 12.6. The van der Waals surface area contributed by atoms with Gasteiger partial charge in [0.2, 0.25) is 11.8 Å². The molecule has 5 heteroatoms. The first kappa shape index (κ1) is 21.8. The number of halogens is 1. The van der Waals surface area contributed by atoms with Gasteiger partial charge in [-0.25, -0.2) is 0 Å². The van der Waals surface area contributed by atoms with Crippen LogP contribution >= 0.6 is 15.9 Å².